The second kappa shape index (κ2) is 8.45. The second-order valence-corrected chi connectivity index (χ2v) is 10.1. The summed E-state index contributed by atoms with van der Waals surface area (Å²) < 4.78 is 1.83. The Labute approximate surface area is 196 Å². The number of carbonyl (C=O) groups is 1. The molecule has 5 nitrogen and oxygen atoms in total. The number of hydrogen-bond donors (Lipinski definition) is 1. The molecule has 1 atom stereocenters. The lowest BCUT2D eigenvalue weighted by Crippen LogP contribution is -2.62. The minimum atomic E-state index is -0.0770. The third-order valence-electron chi connectivity index (χ3n) is 8.04. The number of aromatic nitrogens is 2. The number of rotatable bonds is 5. The molecule has 3 heterocycles. The van der Waals surface area contributed by atoms with Crippen LogP contribution in [0, 0.1) is 19.8 Å². The Balaban J connectivity index is 1.57. The molecular formula is C28H34N4O. The van der Waals surface area contributed by atoms with Gasteiger partial charge in [-0.3, -0.25) is 14.4 Å². The fourth-order valence-corrected chi connectivity index (χ4v) is 6.19. The molecule has 3 aromatic rings. The maximum atomic E-state index is 13.7. The average molecular weight is 443 g/mol. The van der Waals surface area contributed by atoms with Gasteiger partial charge in [-0.05, 0) is 80.8 Å². The standard InChI is InChI=1S/C28H34N4O/c1-19-7-5-8-20(2)25(19)27(33)30-26(28-13-11-21(12-14-28)17-31(28)3)23-10-6-9-22(15-23)24-16-29-32(4)18-24/h5-10,15-16,18,21,26H,11-14,17H2,1-4H3,(H,30,33). The van der Waals surface area contributed by atoms with Crippen molar-refractivity contribution in [2.24, 2.45) is 13.0 Å². The molecule has 5 heteroatoms. The SMILES string of the molecule is Cc1cccc(C)c1C(=O)NC(c1cccc(-c2cnn(C)c2)c1)C12CCC(CC1)CN2C. The number of carbonyl (C=O) groups excluding carboxylic acids is 1. The number of nitrogens with zero attached hydrogens (tertiary/aromatic N) is 3. The maximum absolute atomic E-state index is 13.7. The van der Waals surface area contributed by atoms with E-state index in [1.54, 1.807) is 0 Å². The molecule has 1 aliphatic carbocycles. The smallest absolute Gasteiger partial charge is 0.252 e. The first-order chi connectivity index (χ1) is 15.9. The van der Waals surface area contributed by atoms with Gasteiger partial charge in [-0.1, -0.05) is 36.4 Å². The van der Waals surface area contributed by atoms with Crippen molar-refractivity contribution in [3.8, 4) is 11.1 Å². The van der Waals surface area contributed by atoms with Crippen molar-refractivity contribution in [1.82, 2.24) is 20.0 Å². The molecule has 1 N–H and O–H groups in total. The van der Waals surface area contributed by atoms with E-state index >= 15 is 0 Å². The number of hydrogen-bond acceptors (Lipinski definition) is 3. The molecule has 6 rings (SSSR count). The highest BCUT2D eigenvalue weighted by Crippen LogP contribution is 2.49. The van der Waals surface area contributed by atoms with Gasteiger partial charge in [0.05, 0.1) is 12.2 Å². The van der Waals surface area contributed by atoms with Crippen molar-refractivity contribution in [2.75, 3.05) is 13.6 Å². The molecule has 2 aliphatic heterocycles. The van der Waals surface area contributed by atoms with Crippen molar-refractivity contribution in [3.05, 3.63) is 77.1 Å². The van der Waals surface area contributed by atoms with Crippen LogP contribution in [0.15, 0.2) is 54.9 Å². The van der Waals surface area contributed by atoms with E-state index in [0.29, 0.717) is 0 Å². The average Bonchev–Trinajstić information content (AvgIpc) is 3.24. The predicted molar refractivity (Wildman–Crippen MR) is 132 cm³/mol. The first-order valence-electron chi connectivity index (χ1n) is 12.0. The topological polar surface area (TPSA) is 50.2 Å². The highest BCUT2D eigenvalue weighted by Gasteiger charge is 2.50. The molecular weight excluding hydrogens is 408 g/mol. The summed E-state index contributed by atoms with van der Waals surface area (Å²) in [6, 6.07) is 14.7. The van der Waals surface area contributed by atoms with Crippen LogP contribution in [0.25, 0.3) is 11.1 Å². The summed E-state index contributed by atoms with van der Waals surface area (Å²) in [5, 5.41) is 7.88. The lowest BCUT2D eigenvalue weighted by atomic mass is 9.65. The Morgan fingerprint density at radius 2 is 1.76 bits per heavy atom. The Kier molecular flexibility index (Phi) is 5.61. The van der Waals surface area contributed by atoms with Crippen molar-refractivity contribution in [2.45, 2.75) is 51.1 Å². The lowest BCUT2D eigenvalue weighted by molar-refractivity contribution is -0.0404. The highest BCUT2D eigenvalue weighted by atomic mass is 16.1. The molecule has 1 amide bonds. The third kappa shape index (κ3) is 3.89. The summed E-state index contributed by atoms with van der Waals surface area (Å²) in [4.78, 5) is 16.2. The summed E-state index contributed by atoms with van der Waals surface area (Å²) >= 11 is 0. The number of benzene rings is 2. The van der Waals surface area contributed by atoms with Crippen molar-refractivity contribution in [3.63, 3.8) is 0 Å². The molecule has 2 bridgehead atoms. The number of likely N-dealkylation sites (N-methyl/N-ethyl adjacent to an activating group) is 1. The maximum Gasteiger partial charge on any atom is 0.252 e. The van der Waals surface area contributed by atoms with Crippen LogP contribution in [0.5, 0.6) is 0 Å². The van der Waals surface area contributed by atoms with E-state index in [-0.39, 0.29) is 17.5 Å². The molecule has 172 valence electrons. The summed E-state index contributed by atoms with van der Waals surface area (Å²) in [6.07, 6.45) is 8.65. The molecule has 1 saturated carbocycles. The second-order valence-electron chi connectivity index (χ2n) is 10.1. The number of amides is 1. The summed E-state index contributed by atoms with van der Waals surface area (Å²) in [5.74, 6) is 0.811. The predicted octanol–water partition coefficient (Wildman–Crippen LogP) is 5.05. The number of aryl methyl sites for hydroxylation is 3. The molecule has 33 heavy (non-hydrogen) atoms. The number of piperidine rings is 2. The monoisotopic (exact) mass is 442 g/mol. The molecule has 3 aliphatic rings. The van der Waals surface area contributed by atoms with Crippen LogP contribution in [-0.4, -0.2) is 39.7 Å². The van der Waals surface area contributed by atoms with Gasteiger partial charge in [-0.25, -0.2) is 0 Å². The Morgan fingerprint density at radius 1 is 1.06 bits per heavy atom. The van der Waals surface area contributed by atoms with Crippen molar-refractivity contribution in [1.29, 1.82) is 0 Å². The fraction of sp³-hybridized carbons (Fsp3) is 0.429. The van der Waals surface area contributed by atoms with Crippen LogP contribution < -0.4 is 5.32 Å². The van der Waals surface area contributed by atoms with E-state index in [0.717, 1.165) is 53.1 Å². The van der Waals surface area contributed by atoms with E-state index in [1.807, 2.05) is 56.2 Å². The van der Waals surface area contributed by atoms with Crippen molar-refractivity contribution < 1.29 is 4.79 Å². The Hall–Kier alpha value is -2.92. The third-order valence-corrected chi connectivity index (χ3v) is 8.04. The normalized spacial score (nSPS) is 23.5. The van der Waals surface area contributed by atoms with E-state index in [4.69, 9.17) is 0 Å². The first-order valence-corrected chi connectivity index (χ1v) is 12.0. The summed E-state index contributed by atoms with van der Waals surface area (Å²) in [7, 11) is 4.18. The van der Waals surface area contributed by atoms with E-state index < -0.39 is 0 Å². The van der Waals surface area contributed by atoms with Gasteiger partial charge >= 0.3 is 0 Å². The fourth-order valence-electron chi connectivity index (χ4n) is 6.19. The van der Waals surface area contributed by atoms with Crippen LogP contribution >= 0.6 is 0 Å². The van der Waals surface area contributed by atoms with E-state index in [9.17, 15) is 4.79 Å². The molecule has 0 radical (unpaired) electrons. The quantitative estimate of drug-likeness (QED) is 0.602. The minimum Gasteiger partial charge on any atom is -0.343 e. The zero-order valence-corrected chi connectivity index (χ0v) is 20.1. The van der Waals surface area contributed by atoms with Crippen LogP contribution in [-0.2, 0) is 7.05 Å². The molecule has 2 aromatic carbocycles. The van der Waals surface area contributed by atoms with Crippen molar-refractivity contribution >= 4 is 5.91 Å². The molecule has 0 spiro atoms. The zero-order chi connectivity index (χ0) is 23.2. The minimum absolute atomic E-state index is 0.0258. The first kappa shape index (κ1) is 21.9. The zero-order valence-electron chi connectivity index (χ0n) is 20.1. The van der Waals surface area contributed by atoms with E-state index in [1.165, 1.54) is 18.4 Å². The van der Waals surface area contributed by atoms with Gasteiger partial charge < -0.3 is 5.32 Å². The molecule has 3 fully saturated rings. The van der Waals surface area contributed by atoms with Gasteiger partial charge in [0.2, 0.25) is 0 Å². The van der Waals surface area contributed by atoms with Gasteiger partial charge in [-0.2, -0.15) is 5.10 Å². The largest absolute Gasteiger partial charge is 0.343 e. The summed E-state index contributed by atoms with van der Waals surface area (Å²) in [5.41, 5.74) is 6.18. The van der Waals surface area contributed by atoms with Gasteiger partial charge in [0, 0.05) is 36.5 Å². The van der Waals surface area contributed by atoms with Gasteiger partial charge in [0.1, 0.15) is 0 Å². The Morgan fingerprint density at radius 3 is 2.39 bits per heavy atom. The highest BCUT2D eigenvalue weighted by molar-refractivity contribution is 5.97. The van der Waals surface area contributed by atoms with Crippen LogP contribution in [0.2, 0.25) is 0 Å². The van der Waals surface area contributed by atoms with Crippen LogP contribution in [0.3, 0.4) is 0 Å². The Bertz CT molecular complexity index is 1150. The number of nitrogens with one attached hydrogen (secondary N) is 1. The summed E-state index contributed by atoms with van der Waals surface area (Å²) in [6.45, 7) is 5.16. The molecule has 2 saturated heterocycles. The molecule has 1 unspecified atom stereocenters. The molecule has 1 aromatic heterocycles. The van der Waals surface area contributed by atoms with Gasteiger partial charge in [-0.15, -0.1) is 0 Å². The number of fused-ring (bicyclic) bond motifs is 3. The lowest BCUT2D eigenvalue weighted by Gasteiger charge is -2.57. The van der Waals surface area contributed by atoms with Crippen LogP contribution in [0.4, 0.5) is 0 Å². The van der Waals surface area contributed by atoms with E-state index in [2.05, 4.69) is 46.6 Å². The van der Waals surface area contributed by atoms with Crippen LogP contribution in [0.1, 0.15) is 58.8 Å². The van der Waals surface area contributed by atoms with Gasteiger partial charge in [0.25, 0.3) is 5.91 Å². The van der Waals surface area contributed by atoms with Gasteiger partial charge in [0.15, 0.2) is 0 Å².